The number of nitrogens with zero attached hydrogens (tertiary/aromatic N) is 1. The molecular weight excluding hydrogens is 346 g/mol. The first-order chi connectivity index (χ1) is 13.3. The van der Waals surface area contributed by atoms with E-state index < -0.39 is 0 Å². The molecule has 4 rings (SSSR count). The second-order valence-corrected chi connectivity index (χ2v) is 6.30. The van der Waals surface area contributed by atoms with Gasteiger partial charge in [-0.15, -0.1) is 0 Å². The summed E-state index contributed by atoms with van der Waals surface area (Å²) in [5, 5.41) is 6.54. The second kappa shape index (κ2) is 8.07. The molecule has 2 aromatic carbocycles. The van der Waals surface area contributed by atoms with Crippen LogP contribution in [0.15, 0.2) is 47.5 Å². The summed E-state index contributed by atoms with van der Waals surface area (Å²) in [6, 6.07) is 13.7. The van der Waals surface area contributed by atoms with E-state index in [-0.39, 0.29) is 12.9 Å². The van der Waals surface area contributed by atoms with Gasteiger partial charge in [0, 0.05) is 19.5 Å². The largest absolute Gasteiger partial charge is 0.492 e. The van der Waals surface area contributed by atoms with Crippen LogP contribution >= 0.6 is 0 Å². The Labute approximate surface area is 158 Å². The molecule has 142 valence electrons. The van der Waals surface area contributed by atoms with Crippen molar-refractivity contribution >= 4 is 5.96 Å². The molecule has 2 N–H and O–H groups in total. The van der Waals surface area contributed by atoms with E-state index in [0.29, 0.717) is 19.7 Å². The number of hydrogen-bond donors (Lipinski definition) is 2. The van der Waals surface area contributed by atoms with Crippen LogP contribution in [0, 0.1) is 0 Å². The van der Waals surface area contributed by atoms with Crippen LogP contribution in [0.25, 0.3) is 0 Å². The lowest BCUT2D eigenvalue weighted by Crippen LogP contribution is -2.43. The molecule has 0 fully saturated rings. The predicted molar refractivity (Wildman–Crippen MR) is 102 cm³/mol. The third-order valence-corrected chi connectivity index (χ3v) is 4.44. The molecule has 2 aliphatic rings. The van der Waals surface area contributed by atoms with Gasteiger partial charge in [-0.2, -0.15) is 0 Å². The van der Waals surface area contributed by atoms with Crippen LogP contribution in [0.4, 0.5) is 0 Å². The number of nitrogens with one attached hydrogen (secondary N) is 2. The van der Waals surface area contributed by atoms with E-state index in [4.69, 9.17) is 18.9 Å². The molecule has 2 aliphatic heterocycles. The first kappa shape index (κ1) is 17.3. The van der Waals surface area contributed by atoms with Gasteiger partial charge in [0.1, 0.15) is 24.2 Å². The standard InChI is InChI=1S/C20H23N3O4/c1-21-20(23-12-16-10-14-4-2-3-5-17(14)27-16)22-8-9-24-15-6-7-18-19(11-15)26-13-25-18/h2-7,11,16H,8-10,12-13H2,1H3,(H2,21,22,23). The van der Waals surface area contributed by atoms with Gasteiger partial charge in [0.15, 0.2) is 17.5 Å². The van der Waals surface area contributed by atoms with Gasteiger partial charge < -0.3 is 29.6 Å². The van der Waals surface area contributed by atoms with Crippen LogP contribution in [0.5, 0.6) is 23.0 Å². The summed E-state index contributed by atoms with van der Waals surface area (Å²) in [4.78, 5) is 4.24. The Balaban J connectivity index is 1.17. The summed E-state index contributed by atoms with van der Waals surface area (Å²) < 4.78 is 22.3. The lowest BCUT2D eigenvalue weighted by atomic mass is 10.1. The third kappa shape index (κ3) is 4.19. The first-order valence-electron chi connectivity index (χ1n) is 9.03. The smallest absolute Gasteiger partial charge is 0.231 e. The number of aliphatic imine (C=N–C) groups is 1. The normalized spacial score (nSPS) is 17.2. The molecule has 2 heterocycles. The van der Waals surface area contributed by atoms with Crippen molar-refractivity contribution in [2.75, 3.05) is 33.5 Å². The zero-order valence-electron chi connectivity index (χ0n) is 15.2. The van der Waals surface area contributed by atoms with Crippen molar-refractivity contribution in [2.45, 2.75) is 12.5 Å². The van der Waals surface area contributed by atoms with Crippen LogP contribution in [-0.4, -0.2) is 45.6 Å². The first-order valence-corrected chi connectivity index (χ1v) is 9.03. The van der Waals surface area contributed by atoms with Crippen molar-refractivity contribution < 1.29 is 18.9 Å². The number of fused-ring (bicyclic) bond motifs is 2. The van der Waals surface area contributed by atoms with Gasteiger partial charge in [-0.25, -0.2) is 0 Å². The Morgan fingerprint density at radius 2 is 2.00 bits per heavy atom. The molecule has 7 nitrogen and oxygen atoms in total. The zero-order chi connectivity index (χ0) is 18.5. The van der Waals surface area contributed by atoms with Crippen molar-refractivity contribution in [1.29, 1.82) is 0 Å². The summed E-state index contributed by atoms with van der Waals surface area (Å²) in [5.41, 5.74) is 1.25. The fourth-order valence-electron chi connectivity index (χ4n) is 3.10. The maximum absolute atomic E-state index is 5.93. The van der Waals surface area contributed by atoms with Crippen molar-refractivity contribution in [3.63, 3.8) is 0 Å². The molecule has 0 bridgehead atoms. The number of para-hydroxylation sites is 1. The van der Waals surface area contributed by atoms with E-state index in [2.05, 4.69) is 21.7 Å². The molecule has 1 atom stereocenters. The lowest BCUT2D eigenvalue weighted by molar-refractivity contribution is 0.173. The minimum absolute atomic E-state index is 0.117. The van der Waals surface area contributed by atoms with Gasteiger partial charge >= 0.3 is 0 Å². The number of rotatable bonds is 6. The van der Waals surface area contributed by atoms with E-state index in [1.165, 1.54) is 5.56 Å². The highest BCUT2D eigenvalue weighted by Gasteiger charge is 2.22. The summed E-state index contributed by atoms with van der Waals surface area (Å²) >= 11 is 0. The molecule has 0 saturated heterocycles. The summed E-state index contributed by atoms with van der Waals surface area (Å²) in [6.45, 7) is 2.08. The van der Waals surface area contributed by atoms with E-state index in [1.807, 2.05) is 36.4 Å². The molecule has 1 unspecified atom stereocenters. The Morgan fingerprint density at radius 1 is 1.11 bits per heavy atom. The van der Waals surface area contributed by atoms with Crippen molar-refractivity contribution in [2.24, 2.45) is 4.99 Å². The van der Waals surface area contributed by atoms with Crippen LogP contribution in [-0.2, 0) is 6.42 Å². The van der Waals surface area contributed by atoms with Gasteiger partial charge in [0.05, 0.1) is 13.1 Å². The van der Waals surface area contributed by atoms with Gasteiger partial charge in [0.2, 0.25) is 6.79 Å². The quantitative estimate of drug-likeness (QED) is 0.461. The van der Waals surface area contributed by atoms with E-state index in [1.54, 1.807) is 7.05 Å². The predicted octanol–water partition coefficient (Wildman–Crippen LogP) is 1.96. The molecule has 0 spiro atoms. The maximum atomic E-state index is 5.93. The SMILES string of the molecule is CN=C(NCCOc1ccc2c(c1)OCO2)NCC1Cc2ccccc2O1. The highest BCUT2D eigenvalue weighted by molar-refractivity contribution is 5.79. The highest BCUT2D eigenvalue weighted by Crippen LogP contribution is 2.35. The molecule has 0 amide bonds. The lowest BCUT2D eigenvalue weighted by Gasteiger charge is -2.16. The molecule has 0 saturated carbocycles. The Hall–Kier alpha value is -3.09. The van der Waals surface area contributed by atoms with Crippen molar-refractivity contribution in [3.8, 4) is 23.0 Å². The van der Waals surface area contributed by atoms with Crippen molar-refractivity contribution in [1.82, 2.24) is 10.6 Å². The summed E-state index contributed by atoms with van der Waals surface area (Å²) in [6.07, 6.45) is 1.03. The fourth-order valence-corrected chi connectivity index (χ4v) is 3.10. The molecule has 0 aliphatic carbocycles. The molecule has 2 aromatic rings. The van der Waals surface area contributed by atoms with E-state index in [0.717, 1.165) is 35.4 Å². The van der Waals surface area contributed by atoms with Gasteiger partial charge in [0.25, 0.3) is 0 Å². The molecule has 0 radical (unpaired) electrons. The summed E-state index contributed by atoms with van der Waals surface area (Å²) in [7, 11) is 1.75. The number of guanidine groups is 1. The average Bonchev–Trinajstić information content (AvgIpc) is 3.33. The Kier molecular flexibility index (Phi) is 5.18. The van der Waals surface area contributed by atoms with Crippen LogP contribution in [0.1, 0.15) is 5.56 Å². The monoisotopic (exact) mass is 369 g/mol. The minimum atomic E-state index is 0.117. The third-order valence-electron chi connectivity index (χ3n) is 4.44. The van der Waals surface area contributed by atoms with Crippen LogP contribution in [0.2, 0.25) is 0 Å². The zero-order valence-corrected chi connectivity index (χ0v) is 15.2. The highest BCUT2D eigenvalue weighted by atomic mass is 16.7. The molecule has 7 heteroatoms. The molecule has 27 heavy (non-hydrogen) atoms. The maximum Gasteiger partial charge on any atom is 0.231 e. The topological polar surface area (TPSA) is 73.3 Å². The van der Waals surface area contributed by atoms with Gasteiger partial charge in [-0.1, -0.05) is 18.2 Å². The van der Waals surface area contributed by atoms with Gasteiger partial charge in [-0.3, -0.25) is 4.99 Å². The number of hydrogen-bond acceptors (Lipinski definition) is 5. The van der Waals surface area contributed by atoms with Gasteiger partial charge in [-0.05, 0) is 23.8 Å². The van der Waals surface area contributed by atoms with E-state index in [9.17, 15) is 0 Å². The molecule has 0 aromatic heterocycles. The fraction of sp³-hybridized carbons (Fsp3) is 0.350. The molecular formula is C20H23N3O4. The number of benzene rings is 2. The number of ether oxygens (including phenoxy) is 4. The summed E-state index contributed by atoms with van der Waals surface area (Å²) in [5.74, 6) is 3.92. The Morgan fingerprint density at radius 3 is 2.89 bits per heavy atom. The minimum Gasteiger partial charge on any atom is -0.492 e. The second-order valence-electron chi connectivity index (χ2n) is 6.30. The van der Waals surface area contributed by atoms with Crippen LogP contribution in [0.3, 0.4) is 0 Å². The average molecular weight is 369 g/mol. The van der Waals surface area contributed by atoms with Crippen LogP contribution < -0.4 is 29.6 Å². The Bertz CT molecular complexity index is 800. The van der Waals surface area contributed by atoms with Crippen molar-refractivity contribution in [3.05, 3.63) is 48.0 Å². The van der Waals surface area contributed by atoms with E-state index >= 15 is 0 Å².